The van der Waals surface area contributed by atoms with E-state index in [1.807, 2.05) is 24.0 Å². The van der Waals surface area contributed by atoms with Crippen molar-refractivity contribution in [1.29, 1.82) is 0 Å². The molecule has 0 fully saturated rings. The highest BCUT2D eigenvalue weighted by molar-refractivity contribution is 7.98. The summed E-state index contributed by atoms with van der Waals surface area (Å²) in [5.74, 6) is 2.57. The number of thioether (sulfide) groups is 1. The Morgan fingerprint density at radius 3 is 2.85 bits per heavy atom. The summed E-state index contributed by atoms with van der Waals surface area (Å²) in [7, 11) is 0. The van der Waals surface area contributed by atoms with Crippen molar-refractivity contribution in [2.24, 2.45) is 0 Å². The van der Waals surface area contributed by atoms with Gasteiger partial charge in [-0.15, -0.1) is 0 Å². The molecule has 0 amide bonds. The van der Waals surface area contributed by atoms with Crippen LogP contribution in [0.2, 0.25) is 0 Å². The molecule has 3 heteroatoms. The predicted molar refractivity (Wildman–Crippen MR) is 58.2 cm³/mol. The number of hydrogen-bond donors (Lipinski definition) is 0. The Morgan fingerprint density at radius 2 is 2.23 bits per heavy atom. The molecule has 0 radical (unpaired) electrons. The summed E-state index contributed by atoms with van der Waals surface area (Å²) < 4.78 is 0. The zero-order chi connectivity index (χ0) is 9.68. The van der Waals surface area contributed by atoms with Gasteiger partial charge in [0.2, 0.25) is 0 Å². The van der Waals surface area contributed by atoms with Crippen molar-refractivity contribution in [2.75, 3.05) is 12.0 Å². The zero-order valence-corrected chi connectivity index (χ0v) is 9.27. The molecular formula is C10H16N2S. The van der Waals surface area contributed by atoms with E-state index in [0.717, 1.165) is 23.7 Å². The molecule has 1 heterocycles. The zero-order valence-electron chi connectivity index (χ0n) is 8.45. The number of nitrogens with zero attached hydrogens (tertiary/aromatic N) is 2. The number of aromatic nitrogens is 2. The molecule has 72 valence electrons. The first-order chi connectivity index (χ1) is 6.24. The highest BCUT2D eigenvalue weighted by atomic mass is 32.2. The fourth-order valence-corrected chi connectivity index (χ4v) is 1.44. The van der Waals surface area contributed by atoms with Gasteiger partial charge in [0.15, 0.2) is 0 Å². The van der Waals surface area contributed by atoms with Crippen molar-refractivity contribution in [2.45, 2.75) is 26.2 Å². The maximum Gasteiger partial charge on any atom is 0.129 e. The Hall–Kier alpha value is -0.570. The van der Waals surface area contributed by atoms with E-state index in [-0.39, 0.29) is 0 Å². The van der Waals surface area contributed by atoms with Crippen molar-refractivity contribution in [1.82, 2.24) is 9.97 Å². The van der Waals surface area contributed by atoms with Crippen molar-refractivity contribution in [3.8, 4) is 0 Å². The second-order valence-corrected chi connectivity index (χ2v) is 4.28. The first-order valence-electron chi connectivity index (χ1n) is 4.54. The molecular weight excluding hydrogens is 180 g/mol. The van der Waals surface area contributed by atoms with Crippen molar-refractivity contribution >= 4 is 11.8 Å². The predicted octanol–water partition coefficient (Wildman–Crippen LogP) is 2.51. The van der Waals surface area contributed by atoms with Gasteiger partial charge in [-0.2, -0.15) is 11.8 Å². The Kier molecular flexibility index (Phi) is 4.22. The maximum atomic E-state index is 4.49. The summed E-state index contributed by atoms with van der Waals surface area (Å²) in [6.07, 6.45) is 4.94. The largest absolute Gasteiger partial charge is 0.241 e. The van der Waals surface area contributed by atoms with E-state index >= 15 is 0 Å². The minimum Gasteiger partial charge on any atom is -0.241 e. The average Bonchev–Trinajstić information content (AvgIpc) is 2.15. The summed E-state index contributed by atoms with van der Waals surface area (Å²) in [6.45, 7) is 4.31. The van der Waals surface area contributed by atoms with Gasteiger partial charge in [-0.25, -0.2) is 9.97 Å². The summed E-state index contributed by atoms with van der Waals surface area (Å²) >= 11 is 1.83. The fourth-order valence-electron chi connectivity index (χ4n) is 1.05. The first kappa shape index (κ1) is 10.5. The van der Waals surface area contributed by atoms with Crippen LogP contribution in [0.3, 0.4) is 0 Å². The quantitative estimate of drug-likeness (QED) is 0.740. The maximum absolute atomic E-state index is 4.49. The van der Waals surface area contributed by atoms with Gasteiger partial charge in [0, 0.05) is 24.1 Å². The molecule has 0 spiro atoms. The molecule has 0 aromatic carbocycles. The molecule has 0 saturated heterocycles. The normalized spacial score (nSPS) is 10.8. The van der Waals surface area contributed by atoms with Gasteiger partial charge in [-0.05, 0) is 18.2 Å². The lowest BCUT2D eigenvalue weighted by atomic mass is 10.1. The SMILES string of the molecule is CSCCc1nccc(C(C)C)n1. The lowest BCUT2D eigenvalue weighted by Gasteiger charge is -2.05. The van der Waals surface area contributed by atoms with Crippen molar-refractivity contribution in [3.63, 3.8) is 0 Å². The standard InChI is InChI=1S/C10H16N2S/c1-8(2)9-4-6-11-10(12-9)5-7-13-3/h4,6,8H,5,7H2,1-3H3. The van der Waals surface area contributed by atoms with Crippen LogP contribution in [0, 0.1) is 0 Å². The second kappa shape index (κ2) is 5.22. The van der Waals surface area contributed by atoms with E-state index in [2.05, 4.69) is 30.1 Å². The van der Waals surface area contributed by atoms with E-state index in [9.17, 15) is 0 Å². The van der Waals surface area contributed by atoms with E-state index in [0.29, 0.717) is 5.92 Å². The summed E-state index contributed by atoms with van der Waals surface area (Å²) in [5.41, 5.74) is 1.14. The molecule has 0 saturated carbocycles. The minimum absolute atomic E-state index is 0.496. The lowest BCUT2D eigenvalue weighted by molar-refractivity contribution is 0.788. The van der Waals surface area contributed by atoms with Crippen molar-refractivity contribution < 1.29 is 0 Å². The van der Waals surface area contributed by atoms with Gasteiger partial charge in [0.05, 0.1) is 0 Å². The number of aryl methyl sites for hydroxylation is 1. The molecule has 13 heavy (non-hydrogen) atoms. The molecule has 1 aromatic heterocycles. The van der Waals surface area contributed by atoms with Gasteiger partial charge in [0.25, 0.3) is 0 Å². The second-order valence-electron chi connectivity index (χ2n) is 3.30. The van der Waals surface area contributed by atoms with Crippen LogP contribution in [-0.2, 0) is 6.42 Å². The molecule has 0 aliphatic rings. The molecule has 1 rings (SSSR count). The van der Waals surface area contributed by atoms with Crippen LogP contribution in [0.4, 0.5) is 0 Å². The minimum atomic E-state index is 0.496. The smallest absolute Gasteiger partial charge is 0.129 e. The Labute approximate surface area is 84.2 Å². The van der Waals surface area contributed by atoms with E-state index in [1.54, 1.807) is 0 Å². The summed E-state index contributed by atoms with van der Waals surface area (Å²) in [4.78, 5) is 8.72. The van der Waals surface area contributed by atoms with Crippen LogP contribution < -0.4 is 0 Å². The Morgan fingerprint density at radius 1 is 1.46 bits per heavy atom. The van der Waals surface area contributed by atoms with Crippen LogP contribution >= 0.6 is 11.8 Å². The Balaban J connectivity index is 2.68. The topological polar surface area (TPSA) is 25.8 Å². The monoisotopic (exact) mass is 196 g/mol. The van der Waals surface area contributed by atoms with E-state index in [4.69, 9.17) is 0 Å². The van der Waals surface area contributed by atoms with Crippen LogP contribution in [-0.4, -0.2) is 22.0 Å². The average molecular weight is 196 g/mol. The highest BCUT2D eigenvalue weighted by Crippen LogP contribution is 2.10. The molecule has 0 N–H and O–H groups in total. The van der Waals surface area contributed by atoms with E-state index in [1.165, 1.54) is 0 Å². The van der Waals surface area contributed by atoms with Gasteiger partial charge >= 0.3 is 0 Å². The molecule has 0 unspecified atom stereocenters. The number of hydrogen-bond acceptors (Lipinski definition) is 3. The summed E-state index contributed by atoms with van der Waals surface area (Å²) in [5, 5.41) is 0. The van der Waals surface area contributed by atoms with Crippen LogP contribution in [0.15, 0.2) is 12.3 Å². The third-order valence-corrected chi connectivity index (χ3v) is 2.46. The molecule has 2 nitrogen and oxygen atoms in total. The molecule has 0 bridgehead atoms. The highest BCUT2D eigenvalue weighted by Gasteiger charge is 2.02. The van der Waals surface area contributed by atoms with Crippen molar-refractivity contribution in [3.05, 3.63) is 23.8 Å². The summed E-state index contributed by atoms with van der Waals surface area (Å²) in [6, 6.07) is 1.99. The molecule has 0 aliphatic carbocycles. The van der Waals surface area contributed by atoms with Crippen LogP contribution in [0.25, 0.3) is 0 Å². The van der Waals surface area contributed by atoms with Crippen LogP contribution in [0.1, 0.15) is 31.3 Å². The van der Waals surface area contributed by atoms with Gasteiger partial charge in [-0.3, -0.25) is 0 Å². The molecule has 0 atom stereocenters. The van der Waals surface area contributed by atoms with Gasteiger partial charge < -0.3 is 0 Å². The first-order valence-corrected chi connectivity index (χ1v) is 5.94. The molecule has 1 aromatic rings. The number of rotatable bonds is 4. The third-order valence-electron chi connectivity index (χ3n) is 1.85. The van der Waals surface area contributed by atoms with E-state index < -0.39 is 0 Å². The lowest BCUT2D eigenvalue weighted by Crippen LogP contribution is -2.01. The van der Waals surface area contributed by atoms with Crippen LogP contribution in [0.5, 0.6) is 0 Å². The third kappa shape index (κ3) is 3.35. The Bertz CT molecular complexity index is 261. The van der Waals surface area contributed by atoms with Gasteiger partial charge in [0.1, 0.15) is 5.82 Å². The fraction of sp³-hybridized carbons (Fsp3) is 0.600. The molecule has 0 aliphatic heterocycles. The van der Waals surface area contributed by atoms with Gasteiger partial charge in [-0.1, -0.05) is 13.8 Å².